The minimum atomic E-state index is 0.151. The second-order valence-corrected chi connectivity index (χ2v) is 3.85. The molecule has 0 radical (unpaired) electrons. The predicted octanol–water partition coefficient (Wildman–Crippen LogP) is 2.25. The number of benzene rings is 1. The lowest BCUT2D eigenvalue weighted by Gasteiger charge is -2.02. The summed E-state index contributed by atoms with van der Waals surface area (Å²) >= 11 is 12.0. The van der Waals surface area contributed by atoms with Crippen LogP contribution < -0.4 is 11.3 Å². The van der Waals surface area contributed by atoms with Gasteiger partial charge in [0.25, 0.3) is 0 Å². The van der Waals surface area contributed by atoms with E-state index < -0.39 is 0 Å². The van der Waals surface area contributed by atoms with Crippen LogP contribution in [-0.4, -0.2) is 10.1 Å². The van der Waals surface area contributed by atoms with E-state index in [1.165, 1.54) is 0 Å². The molecule has 0 fully saturated rings. The largest absolute Gasteiger partial charge is 0.335 e. The Morgan fingerprint density at radius 3 is 2.56 bits per heavy atom. The fraction of sp³-hybridized carbons (Fsp3) is 0.111. The Balaban J connectivity index is 2.26. The van der Waals surface area contributed by atoms with E-state index in [9.17, 15) is 0 Å². The van der Waals surface area contributed by atoms with E-state index in [1.807, 2.05) is 0 Å². The van der Waals surface area contributed by atoms with Crippen LogP contribution >= 0.6 is 23.2 Å². The van der Waals surface area contributed by atoms with Crippen molar-refractivity contribution in [1.82, 2.24) is 10.1 Å². The van der Waals surface area contributed by atoms with Crippen molar-refractivity contribution < 1.29 is 4.52 Å². The number of nitrogens with two attached hydrogens (primary N) is 1. The fourth-order valence-corrected chi connectivity index (χ4v) is 1.77. The normalized spacial score (nSPS) is 10.4. The quantitative estimate of drug-likeness (QED) is 0.653. The van der Waals surface area contributed by atoms with E-state index in [2.05, 4.69) is 15.6 Å². The second kappa shape index (κ2) is 4.69. The highest BCUT2D eigenvalue weighted by Crippen LogP contribution is 2.26. The highest BCUT2D eigenvalue weighted by Gasteiger charge is 2.11. The van der Waals surface area contributed by atoms with E-state index in [0.717, 1.165) is 5.56 Å². The summed E-state index contributed by atoms with van der Waals surface area (Å²) in [6, 6.07) is 5.44. The van der Waals surface area contributed by atoms with Crippen molar-refractivity contribution in [2.75, 3.05) is 5.43 Å². The summed E-state index contributed by atoms with van der Waals surface area (Å²) in [6.07, 6.45) is 0.393. The molecule has 1 heterocycles. The Morgan fingerprint density at radius 2 is 2.00 bits per heavy atom. The van der Waals surface area contributed by atoms with Crippen LogP contribution in [0.3, 0.4) is 0 Å². The van der Waals surface area contributed by atoms with E-state index in [-0.39, 0.29) is 6.01 Å². The van der Waals surface area contributed by atoms with Gasteiger partial charge in [0.15, 0.2) is 5.82 Å². The SMILES string of the molecule is NNc1nc(Cc2c(Cl)cccc2Cl)no1. The summed E-state index contributed by atoms with van der Waals surface area (Å²) in [5, 5.41) is 4.86. The zero-order valence-electron chi connectivity index (χ0n) is 8.08. The molecule has 7 heteroatoms. The van der Waals surface area contributed by atoms with Crippen LogP contribution in [0, 0.1) is 0 Å². The lowest BCUT2D eigenvalue weighted by atomic mass is 10.1. The molecule has 0 spiro atoms. The van der Waals surface area contributed by atoms with Crippen molar-refractivity contribution in [3.63, 3.8) is 0 Å². The van der Waals surface area contributed by atoms with Crippen molar-refractivity contribution >= 4 is 29.2 Å². The van der Waals surface area contributed by atoms with Crippen molar-refractivity contribution in [3.05, 3.63) is 39.6 Å². The predicted molar refractivity (Wildman–Crippen MR) is 61.4 cm³/mol. The van der Waals surface area contributed by atoms with Gasteiger partial charge in [-0.05, 0) is 17.7 Å². The molecular weight excluding hydrogens is 251 g/mol. The highest BCUT2D eigenvalue weighted by atomic mass is 35.5. The molecule has 0 atom stereocenters. The van der Waals surface area contributed by atoms with Crippen LogP contribution in [0.5, 0.6) is 0 Å². The van der Waals surface area contributed by atoms with E-state index in [4.69, 9.17) is 33.6 Å². The van der Waals surface area contributed by atoms with Gasteiger partial charge in [0.2, 0.25) is 0 Å². The summed E-state index contributed by atoms with van der Waals surface area (Å²) in [7, 11) is 0. The average molecular weight is 259 g/mol. The van der Waals surface area contributed by atoms with Crippen LogP contribution in [0.15, 0.2) is 22.7 Å². The summed E-state index contributed by atoms with van der Waals surface area (Å²) < 4.78 is 4.78. The molecule has 0 unspecified atom stereocenters. The maximum atomic E-state index is 6.01. The number of anilines is 1. The fourth-order valence-electron chi connectivity index (χ4n) is 1.24. The third-order valence-corrected chi connectivity index (χ3v) is 2.70. The van der Waals surface area contributed by atoms with Crippen molar-refractivity contribution in [2.45, 2.75) is 6.42 Å². The van der Waals surface area contributed by atoms with Crippen molar-refractivity contribution in [1.29, 1.82) is 0 Å². The maximum absolute atomic E-state index is 6.01. The van der Waals surface area contributed by atoms with Crippen LogP contribution in [0.25, 0.3) is 0 Å². The topological polar surface area (TPSA) is 77.0 Å². The molecule has 2 rings (SSSR count). The molecule has 2 aromatic rings. The third-order valence-electron chi connectivity index (χ3n) is 1.99. The molecule has 1 aromatic heterocycles. The summed E-state index contributed by atoms with van der Waals surface area (Å²) in [5.74, 6) is 5.58. The van der Waals surface area contributed by atoms with E-state index >= 15 is 0 Å². The number of nitrogens with one attached hydrogen (secondary N) is 1. The van der Waals surface area contributed by atoms with Crippen molar-refractivity contribution in [2.24, 2.45) is 5.84 Å². The number of hydrogen-bond donors (Lipinski definition) is 2. The van der Waals surface area contributed by atoms with Gasteiger partial charge in [-0.3, -0.25) is 5.43 Å². The number of nitrogens with zero attached hydrogens (tertiary/aromatic N) is 2. The Morgan fingerprint density at radius 1 is 1.31 bits per heavy atom. The molecule has 0 amide bonds. The molecule has 0 aliphatic heterocycles. The summed E-state index contributed by atoms with van der Waals surface area (Å²) in [4.78, 5) is 3.98. The van der Waals surface area contributed by atoms with E-state index in [0.29, 0.717) is 22.3 Å². The second-order valence-electron chi connectivity index (χ2n) is 3.04. The molecular formula is C9H8Cl2N4O. The Kier molecular flexibility index (Phi) is 3.28. The van der Waals surface area contributed by atoms with Crippen molar-refractivity contribution in [3.8, 4) is 0 Å². The van der Waals surface area contributed by atoms with Gasteiger partial charge in [0, 0.05) is 16.5 Å². The number of hydrogen-bond acceptors (Lipinski definition) is 5. The minimum Gasteiger partial charge on any atom is -0.314 e. The average Bonchev–Trinajstić information content (AvgIpc) is 2.71. The first-order chi connectivity index (χ1) is 7.70. The van der Waals surface area contributed by atoms with Gasteiger partial charge >= 0.3 is 6.01 Å². The molecule has 0 bridgehead atoms. The summed E-state index contributed by atoms with van der Waals surface area (Å²) in [5.41, 5.74) is 3.02. The smallest absolute Gasteiger partial charge is 0.314 e. The molecule has 0 saturated carbocycles. The van der Waals surface area contributed by atoms with Gasteiger partial charge in [-0.15, -0.1) is 0 Å². The Hall–Kier alpha value is -1.30. The number of hydrazine groups is 1. The minimum absolute atomic E-state index is 0.151. The van der Waals surface area contributed by atoms with Gasteiger partial charge in [-0.2, -0.15) is 4.98 Å². The van der Waals surface area contributed by atoms with Crippen LogP contribution in [-0.2, 0) is 6.42 Å². The number of nitrogen functional groups attached to an aromatic ring is 1. The molecule has 3 N–H and O–H groups in total. The van der Waals surface area contributed by atoms with Gasteiger partial charge in [0.05, 0.1) is 0 Å². The molecule has 0 saturated heterocycles. The Bertz CT molecular complexity index is 480. The zero-order chi connectivity index (χ0) is 11.5. The lowest BCUT2D eigenvalue weighted by molar-refractivity contribution is 0.424. The van der Waals surface area contributed by atoms with Gasteiger partial charge in [0.1, 0.15) is 0 Å². The monoisotopic (exact) mass is 258 g/mol. The van der Waals surface area contributed by atoms with Gasteiger partial charge < -0.3 is 4.52 Å². The van der Waals surface area contributed by atoms with Crippen LogP contribution in [0.2, 0.25) is 10.0 Å². The molecule has 1 aromatic carbocycles. The van der Waals surface area contributed by atoms with Gasteiger partial charge in [-0.1, -0.05) is 34.4 Å². The van der Waals surface area contributed by atoms with Crippen LogP contribution in [0.4, 0.5) is 6.01 Å². The standard InChI is InChI=1S/C9H8Cl2N4O/c10-6-2-1-3-7(11)5(6)4-8-13-9(14-12)16-15-8/h1-3H,4,12H2,(H,13,14,15). The number of aromatic nitrogens is 2. The molecule has 0 aliphatic carbocycles. The van der Waals surface area contributed by atoms with Crippen LogP contribution in [0.1, 0.15) is 11.4 Å². The molecule has 0 aliphatic rings. The van der Waals surface area contributed by atoms with E-state index in [1.54, 1.807) is 18.2 Å². The number of halogens is 2. The summed E-state index contributed by atoms with van der Waals surface area (Å²) in [6.45, 7) is 0. The highest BCUT2D eigenvalue weighted by molar-refractivity contribution is 6.36. The maximum Gasteiger partial charge on any atom is 0.335 e. The lowest BCUT2D eigenvalue weighted by Crippen LogP contribution is -2.06. The Labute approximate surface area is 102 Å². The first kappa shape index (κ1) is 11.2. The first-order valence-corrected chi connectivity index (χ1v) is 5.18. The number of rotatable bonds is 3. The first-order valence-electron chi connectivity index (χ1n) is 4.43. The zero-order valence-corrected chi connectivity index (χ0v) is 9.59. The van der Waals surface area contributed by atoms with Gasteiger partial charge in [-0.25, -0.2) is 5.84 Å². The molecule has 16 heavy (non-hydrogen) atoms. The third kappa shape index (κ3) is 2.27. The molecule has 5 nitrogen and oxygen atoms in total. The molecule has 84 valence electrons.